The molecule has 3 N–H and O–H groups in total. The standard InChI is InChI=1S/C19H22N6O2S/c1-24(2)28(26,27)17-6-4-5-15(13-17)22-19-21-12-11-18(23-19)25(3)16-9-7-14(20)8-10-16/h4-13H,20H2,1-3H3,(H,21,22,23). The summed E-state index contributed by atoms with van der Waals surface area (Å²) in [6.45, 7) is 0. The van der Waals surface area contributed by atoms with Gasteiger partial charge in [-0.25, -0.2) is 17.7 Å². The normalized spacial score (nSPS) is 11.4. The van der Waals surface area contributed by atoms with Crippen LogP contribution in [0.4, 0.5) is 28.8 Å². The lowest BCUT2D eigenvalue weighted by atomic mass is 10.2. The van der Waals surface area contributed by atoms with Gasteiger partial charge in [0.1, 0.15) is 5.82 Å². The summed E-state index contributed by atoms with van der Waals surface area (Å²) in [6, 6.07) is 15.8. The van der Waals surface area contributed by atoms with Crippen LogP contribution in [0.5, 0.6) is 0 Å². The van der Waals surface area contributed by atoms with Crippen LogP contribution in [0, 0.1) is 0 Å². The van der Waals surface area contributed by atoms with Gasteiger partial charge in [0, 0.05) is 44.4 Å². The third-order valence-electron chi connectivity index (χ3n) is 4.13. The van der Waals surface area contributed by atoms with Gasteiger partial charge in [0.15, 0.2) is 0 Å². The van der Waals surface area contributed by atoms with Crippen molar-refractivity contribution in [2.45, 2.75) is 4.90 Å². The highest BCUT2D eigenvalue weighted by molar-refractivity contribution is 7.89. The van der Waals surface area contributed by atoms with Gasteiger partial charge in [-0.1, -0.05) is 6.07 Å². The SMILES string of the molecule is CN(c1ccc(N)cc1)c1ccnc(Nc2cccc(S(=O)(=O)N(C)C)c2)n1. The fourth-order valence-corrected chi connectivity index (χ4v) is 3.45. The molecule has 0 spiro atoms. The Hall–Kier alpha value is -3.17. The molecule has 0 saturated carbocycles. The number of nitrogen functional groups attached to an aromatic ring is 1. The fraction of sp³-hybridized carbons (Fsp3) is 0.158. The number of rotatable bonds is 6. The topological polar surface area (TPSA) is 104 Å². The van der Waals surface area contributed by atoms with Crippen molar-refractivity contribution in [2.75, 3.05) is 37.1 Å². The van der Waals surface area contributed by atoms with E-state index in [0.29, 0.717) is 23.1 Å². The first-order chi connectivity index (χ1) is 13.3. The molecule has 0 aliphatic rings. The van der Waals surface area contributed by atoms with Crippen molar-refractivity contribution in [3.05, 3.63) is 60.8 Å². The van der Waals surface area contributed by atoms with Gasteiger partial charge in [0.2, 0.25) is 16.0 Å². The van der Waals surface area contributed by atoms with E-state index < -0.39 is 10.0 Å². The molecule has 0 bridgehead atoms. The predicted molar refractivity (Wildman–Crippen MR) is 112 cm³/mol. The molecule has 1 heterocycles. The van der Waals surface area contributed by atoms with Crippen LogP contribution in [-0.2, 0) is 10.0 Å². The van der Waals surface area contributed by atoms with Crippen LogP contribution in [0.1, 0.15) is 0 Å². The molecule has 0 fully saturated rings. The van der Waals surface area contributed by atoms with Gasteiger partial charge in [0.25, 0.3) is 0 Å². The summed E-state index contributed by atoms with van der Waals surface area (Å²) in [5.74, 6) is 1.04. The van der Waals surface area contributed by atoms with Gasteiger partial charge in [0.05, 0.1) is 4.90 Å². The van der Waals surface area contributed by atoms with E-state index in [2.05, 4.69) is 15.3 Å². The first kappa shape index (κ1) is 19.6. The minimum absolute atomic E-state index is 0.192. The van der Waals surface area contributed by atoms with E-state index in [0.717, 1.165) is 5.69 Å². The van der Waals surface area contributed by atoms with Gasteiger partial charge >= 0.3 is 0 Å². The predicted octanol–water partition coefficient (Wildman–Crippen LogP) is 2.82. The van der Waals surface area contributed by atoms with Crippen molar-refractivity contribution >= 4 is 38.9 Å². The molecule has 0 saturated heterocycles. The number of hydrogen-bond acceptors (Lipinski definition) is 7. The van der Waals surface area contributed by atoms with E-state index in [4.69, 9.17) is 5.73 Å². The van der Waals surface area contributed by atoms with E-state index in [9.17, 15) is 8.42 Å². The number of nitrogens with zero attached hydrogens (tertiary/aromatic N) is 4. The van der Waals surface area contributed by atoms with E-state index in [1.54, 1.807) is 36.5 Å². The van der Waals surface area contributed by atoms with Crippen molar-refractivity contribution < 1.29 is 8.42 Å². The first-order valence-electron chi connectivity index (χ1n) is 8.49. The van der Waals surface area contributed by atoms with Crippen LogP contribution in [0.2, 0.25) is 0 Å². The summed E-state index contributed by atoms with van der Waals surface area (Å²) in [5, 5.41) is 3.06. The maximum atomic E-state index is 12.3. The molecule has 0 atom stereocenters. The molecule has 0 unspecified atom stereocenters. The van der Waals surface area contributed by atoms with Gasteiger partial charge in [-0.05, 0) is 48.5 Å². The van der Waals surface area contributed by atoms with Crippen LogP contribution in [0.25, 0.3) is 0 Å². The average Bonchev–Trinajstić information content (AvgIpc) is 2.68. The number of nitrogens with two attached hydrogens (primary N) is 1. The van der Waals surface area contributed by atoms with E-state index in [1.165, 1.54) is 18.4 Å². The third-order valence-corrected chi connectivity index (χ3v) is 5.94. The summed E-state index contributed by atoms with van der Waals surface area (Å²) < 4.78 is 25.8. The van der Waals surface area contributed by atoms with Crippen molar-refractivity contribution in [2.24, 2.45) is 0 Å². The van der Waals surface area contributed by atoms with Gasteiger partial charge in [-0.15, -0.1) is 0 Å². The molecule has 9 heteroatoms. The fourth-order valence-electron chi connectivity index (χ4n) is 2.50. The van der Waals surface area contributed by atoms with Crippen LogP contribution in [0.15, 0.2) is 65.7 Å². The van der Waals surface area contributed by atoms with Crippen molar-refractivity contribution in [1.29, 1.82) is 0 Å². The second-order valence-corrected chi connectivity index (χ2v) is 8.48. The number of hydrogen-bond donors (Lipinski definition) is 2. The van der Waals surface area contributed by atoms with E-state index >= 15 is 0 Å². The van der Waals surface area contributed by atoms with E-state index in [1.807, 2.05) is 36.2 Å². The molecule has 28 heavy (non-hydrogen) atoms. The van der Waals surface area contributed by atoms with Gasteiger partial charge < -0.3 is 16.0 Å². The van der Waals surface area contributed by atoms with Crippen molar-refractivity contribution in [3.63, 3.8) is 0 Å². The summed E-state index contributed by atoms with van der Waals surface area (Å²) in [4.78, 5) is 10.8. The Morgan fingerprint density at radius 3 is 2.39 bits per heavy atom. The molecular weight excluding hydrogens is 376 g/mol. The van der Waals surface area contributed by atoms with Crippen LogP contribution >= 0.6 is 0 Å². The lowest BCUT2D eigenvalue weighted by Crippen LogP contribution is -2.22. The summed E-state index contributed by atoms with van der Waals surface area (Å²) >= 11 is 0. The number of benzene rings is 2. The van der Waals surface area contributed by atoms with Crippen molar-refractivity contribution in [3.8, 4) is 0 Å². The Morgan fingerprint density at radius 1 is 1.00 bits per heavy atom. The van der Waals surface area contributed by atoms with Crippen LogP contribution in [-0.4, -0.2) is 43.8 Å². The summed E-state index contributed by atoms with van der Waals surface area (Å²) in [6.07, 6.45) is 1.64. The summed E-state index contributed by atoms with van der Waals surface area (Å²) in [5.41, 5.74) is 7.93. The molecule has 0 radical (unpaired) electrons. The summed E-state index contributed by atoms with van der Waals surface area (Å²) in [7, 11) is 1.36. The second kappa shape index (κ2) is 7.83. The molecule has 0 aliphatic carbocycles. The largest absolute Gasteiger partial charge is 0.399 e. The Labute approximate surface area is 164 Å². The minimum atomic E-state index is -3.52. The Balaban J connectivity index is 1.85. The van der Waals surface area contributed by atoms with Crippen LogP contribution < -0.4 is 16.0 Å². The lowest BCUT2D eigenvalue weighted by Gasteiger charge is -2.19. The van der Waals surface area contributed by atoms with Crippen molar-refractivity contribution in [1.82, 2.24) is 14.3 Å². The number of anilines is 5. The Bertz CT molecular complexity index is 1070. The van der Waals surface area contributed by atoms with Crippen LogP contribution in [0.3, 0.4) is 0 Å². The Morgan fingerprint density at radius 2 is 1.71 bits per heavy atom. The highest BCUT2D eigenvalue weighted by atomic mass is 32.2. The zero-order valence-corrected chi connectivity index (χ0v) is 16.7. The highest BCUT2D eigenvalue weighted by Crippen LogP contribution is 2.24. The third kappa shape index (κ3) is 4.21. The number of aromatic nitrogens is 2. The molecule has 3 aromatic rings. The second-order valence-electron chi connectivity index (χ2n) is 6.33. The molecule has 146 valence electrons. The molecule has 1 aromatic heterocycles. The lowest BCUT2D eigenvalue weighted by molar-refractivity contribution is 0.521. The molecule has 2 aromatic carbocycles. The quantitative estimate of drug-likeness (QED) is 0.615. The molecule has 3 rings (SSSR count). The zero-order valence-electron chi connectivity index (χ0n) is 15.9. The van der Waals surface area contributed by atoms with E-state index in [-0.39, 0.29) is 4.90 Å². The first-order valence-corrected chi connectivity index (χ1v) is 9.93. The maximum absolute atomic E-state index is 12.3. The highest BCUT2D eigenvalue weighted by Gasteiger charge is 2.17. The number of sulfonamides is 1. The monoisotopic (exact) mass is 398 g/mol. The molecular formula is C19H22N6O2S. The zero-order chi connectivity index (χ0) is 20.3. The minimum Gasteiger partial charge on any atom is -0.399 e. The smallest absolute Gasteiger partial charge is 0.242 e. The molecule has 0 aliphatic heterocycles. The Kier molecular flexibility index (Phi) is 5.48. The molecule has 0 amide bonds. The maximum Gasteiger partial charge on any atom is 0.242 e. The van der Waals surface area contributed by atoms with Gasteiger partial charge in [-0.2, -0.15) is 4.98 Å². The van der Waals surface area contributed by atoms with Gasteiger partial charge in [-0.3, -0.25) is 0 Å². The molecule has 8 nitrogen and oxygen atoms in total. The number of nitrogens with one attached hydrogen (secondary N) is 1. The average molecular weight is 398 g/mol.